The Labute approximate surface area is 135 Å². The van der Waals surface area contributed by atoms with Crippen molar-refractivity contribution in [2.24, 2.45) is 0 Å². The lowest BCUT2D eigenvalue weighted by Gasteiger charge is -2.26. The highest BCUT2D eigenvalue weighted by molar-refractivity contribution is 7.92. The number of benzene rings is 2. The van der Waals surface area contributed by atoms with Crippen LogP contribution in [0.15, 0.2) is 60.0 Å². The number of nitrogens with one attached hydrogen (secondary N) is 1. The number of ether oxygens (including phenoxy) is 2. The van der Waals surface area contributed by atoms with Gasteiger partial charge in [0.1, 0.15) is 12.7 Å². The van der Waals surface area contributed by atoms with Crippen LogP contribution in [0.3, 0.4) is 0 Å². The van der Waals surface area contributed by atoms with Crippen molar-refractivity contribution in [1.82, 2.24) is 4.72 Å². The van der Waals surface area contributed by atoms with Gasteiger partial charge in [0, 0.05) is 5.41 Å². The Morgan fingerprint density at radius 2 is 1.74 bits per heavy atom. The predicted octanol–water partition coefficient (Wildman–Crippen LogP) is 2.42. The van der Waals surface area contributed by atoms with Crippen molar-refractivity contribution in [3.8, 4) is 11.5 Å². The van der Waals surface area contributed by atoms with Crippen molar-refractivity contribution < 1.29 is 17.9 Å². The average Bonchev–Trinajstić information content (AvgIpc) is 2.59. The van der Waals surface area contributed by atoms with E-state index in [4.69, 9.17) is 9.47 Å². The molecule has 120 valence electrons. The second-order valence-electron chi connectivity index (χ2n) is 5.10. The van der Waals surface area contributed by atoms with E-state index in [9.17, 15) is 8.42 Å². The van der Waals surface area contributed by atoms with Gasteiger partial charge in [-0.1, -0.05) is 42.5 Å². The molecule has 2 aromatic carbocycles. The van der Waals surface area contributed by atoms with Gasteiger partial charge in [-0.25, -0.2) is 13.1 Å². The van der Waals surface area contributed by atoms with E-state index in [-0.39, 0.29) is 12.6 Å². The van der Waals surface area contributed by atoms with E-state index in [2.05, 4.69) is 4.72 Å². The van der Waals surface area contributed by atoms with Gasteiger partial charge in [0.2, 0.25) is 10.0 Å². The quantitative estimate of drug-likeness (QED) is 0.914. The van der Waals surface area contributed by atoms with Crippen LogP contribution >= 0.6 is 0 Å². The molecule has 6 heteroatoms. The van der Waals surface area contributed by atoms with Crippen LogP contribution in [-0.4, -0.2) is 27.7 Å². The number of sulfonamides is 1. The van der Waals surface area contributed by atoms with Crippen molar-refractivity contribution >= 4 is 16.1 Å². The first-order valence-electron chi connectivity index (χ1n) is 7.24. The van der Waals surface area contributed by atoms with Crippen LogP contribution in [0.2, 0.25) is 0 Å². The second-order valence-corrected chi connectivity index (χ2v) is 6.76. The van der Waals surface area contributed by atoms with Crippen LogP contribution in [0.4, 0.5) is 0 Å². The Bertz CT molecular complexity index is 787. The van der Waals surface area contributed by atoms with E-state index >= 15 is 0 Å². The third kappa shape index (κ3) is 4.34. The first-order valence-corrected chi connectivity index (χ1v) is 8.78. The number of para-hydroxylation sites is 2. The second kappa shape index (κ2) is 6.85. The van der Waals surface area contributed by atoms with Crippen LogP contribution < -0.4 is 14.2 Å². The summed E-state index contributed by atoms with van der Waals surface area (Å²) in [6.07, 6.45) is 1.19. The minimum Gasteiger partial charge on any atom is -0.486 e. The summed E-state index contributed by atoms with van der Waals surface area (Å²) in [4.78, 5) is 0. The largest absolute Gasteiger partial charge is 0.486 e. The fourth-order valence-electron chi connectivity index (χ4n) is 2.15. The molecule has 1 aliphatic heterocycles. The monoisotopic (exact) mass is 331 g/mol. The van der Waals surface area contributed by atoms with E-state index in [1.165, 1.54) is 0 Å². The summed E-state index contributed by atoms with van der Waals surface area (Å²) in [6.45, 7) is 0.456. The van der Waals surface area contributed by atoms with Crippen LogP contribution in [-0.2, 0) is 10.0 Å². The van der Waals surface area contributed by atoms with Gasteiger partial charge >= 0.3 is 0 Å². The molecule has 0 amide bonds. The Balaban J connectivity index is 1.57. The molecule has 23 heavy (non-hydrogen) atoms. The number of fused-ring (bicyclic) bond motifs is 1. The van der Waals surface area contributed by atoms with Gasteiger partial charge in [0.15, 0.2) is 11.5 Å². The molecule has 2 aromatic rings. The first kappa shape index (κ1) is 15.6. The fraction of sp³-hybridized carbons (Fsp3) is 0.176. The predicted molar refractivity (Wildman–Crippen MR) is 88.8 cm³/mol. The minimum atomic E-state index is -3.52. The molecule has 5 nitrogen and oxygen atoms in total. The zero-order chi connectivity index (χ0) is 16.1. The molecule has 1 atom stereocenters. The maximum absolute atomic E-state index is 12.0. The SMILES string of the molecule is O=S(=O)(/C=C\c1ccccc1)NC[C@@H]1COc2ccccc2O1. The third-order valence-electron chi connectivity index (χ3n) is 3.32. The van der Waals surface area contributed by atoms with Crippen LogP contribution in [0, 0.1) is 0 Å². The molecular formula is C17H17NO4S. The molecule has 1 aliphatic rings. The number of hydrogen-bond donors (Lipinski definition) is 1. The maximum Gasteiger partial charge on any atom is 0.233 e. The fourth-order valence-corrected chi connectivity index (χ4v) is 3.00. The Hall–Kier alpha value is -2.31. The van der Waals surface area contributed by atoms with Gasteiger partial charge < -0.3 is 9.47 Å². The van der Waals surface area contributed by atoms with Crippen LogP contribution in [0.5, 0.6) is 11.5 Å². The molecule has 3 rings (SSSR count). The standard InChI is InChI=1S/C17H17NO4S/c19-23(20,11-10-14-6-2-1-3-7-14)18-12-15-13-21-16-8-4-5-9-17(16)22-15/h1-11,15,18H,12-13H2/b11-10-/t15-/m1/s1. The molecule has 0 saturated heterocycles. The zero-order valence-electron chi connectivity index (χ0n) is 12.4. The van der Waals surface area contributed by atoms with Crippen molar-refractivity contribution in [3.05, 3.63) is 65.6 Å². The molecule has 0 saturated carbocycles. The maximum atomic E-state index is 12.0. The molecular weight excluding hydrogens is 314 g/mol. The summed E-state index contributed by atoms with van der Waals surface area (Å²) >= 11 is 0. The van der Waals surface area contributed by atoms with Crippen LogP contribution in [0.1, 0.15) is 5.56 Å². The molecule has 0 unspecified atom stereocenters. The zero-order valence-corrected chi connectivity index (χ0v) is 13.2. The van der Waals surface area contributed by atoms with Crippen molar-refractivity contribution in [3.63, 3.8) is 0 Å². The number of rotatable bonds is 5. The van der Waals surface area contributed by atoms with E-state index in [1.807, 2.05) is 48.5 Å². The lowest BCUT2D eigenvalue weighted by molar-refractivity contribution is 0.0943. The van der Waals surface area contributed by atoms with Gasteiger partial charge in [0.05, 0.1) is 6.54 Å². The highest BCUT2D eigenvalue weighted by Gasteiger charge is 2.21. The van der Waals surface area contributed by atoms with Crippen molar-refractivity contribution in [2.75, 3.05) is 13.2 Å². The minimum absolute atomic E-state index is 0.149. The molecule has 1 N–H and O–H groups in total. The smallest absolute Gasteiger partial charge is 0.233 e. The van der Waals surface area contributed by atoms with Crippen molar-refractivity contribution in [1.29, 1.82) is 0 Å². The lowest BCUT2D eigenvalue weighted by Crippen LogP contribution is -2.40. The first-order chi connectivity index (χ1) is 11.1. The summed E-state index contributed by atoms with van der Waals surface area (Å²) < 4.78 is 37.8. The summed E-state index contributed by atoms with van der Waals surface area (Å²) in [5, 5.41) is 1.15. The van der Waals surface area contributed by atoms with Gasteiger partial charge in [-0.3, -0.25) is 0 Å². The van der Waals surface area contributed by atoms with Gasteiger partial charge in [0.25, 0.3) is 0 Å². The molecule has 1 heterocycles. The normalized spacial score (nSPS) is 17.3. The average molecular weight is 331 g/mol. The Morgan fingerprint density at radius 1 is 1.04 bits per heavy atom. The molecule has 0 radical (unpaired) electrons. The Morgan fingerprint density at radius 3 is 2.52 bits per heavy atom. The topological polar surface area (TPSA) is 64.6 Å². The summed E-state index contributed by atoms with van der Waals surface area (Å²) in [6, 6.07) is 16.6. The van der Waals surface area contributed by atoms with Gasteiger partial charge in [-0.15, -0.1) is 0 Å². The molecule has 0 aromatic heterocycles. The van der Waals surface area contributed by atoms with Gasteiger partial charge in [-0.05, 0) is 23.8 Å². The molecule has 0 aliphatic carbocycles. The van der Waals surface area contributed by atoms with E-state index in [0.29, 0.717) is 18.1 Å². The highest BCUT2D eigenvalue weighted by Crippen LogP contribution is 2.30. The molecule has 0 spiro atoms. The van der Waals surface area contributed by atoms with Gasteiger partial charge in [-0.2, -0.15) is 0 Å². The highest BCUT2D eigenvalue weighted by atomic mass is 32.2. The Kier molecular flexibility index (Phi) is 4.64. The summed E-state index contributed by atoms with van der Waals surface area (Å²) in [5.41, 5.74) is 0.823. The summed E-state index contributed by atoms with van der Waals surface area (Å²) in [5.74, 6) is 1.30. The molecule has 0 bridgehead atoms. The van der Waals surface area contributed by atoms with E-state index in [1.54, 1.807) is 12.1 Å². The third-order valence-corrected chi connectivity index (χ3v) is 4.38. The molecule has 0 fully saturated rings. The van der Waals surface area contributed by atoms with E-state index in [0.717, 1.165) is 11.0 Å². The lowest BCUT2D eigenvalue weighted by atomic mass is 10.2. The van der Waals surface area contributed by atoms with E-state index < -0.39 is 10.0 Å². The number of hydrogen-bond acceptors (Lipinski definition) is 4. The van der Waals surface area contributed by atoms with Crippen LogP contribution in [0.25, 0.3) is 6.08 Å². The van der Waals surface area contributed by atoms with Crippen molar-refractivity contribution in [2.45, 2.75) is 6.10 Å². The summed E-state index contributed by atoms with van der Waals surface area (Å²) in [7, 11) is -3.52.